The fourth-order valence-corrected chi connectivity index (χ4v) is 6.42. The van der Waals surface area contributed by atoms with Gasteiger partial charge in [0.25, 0.3) is 20.2 Å². The highest BCUT2D eigenvalue weighted by Crippen LogP contribution is 2.49. The Balaban J connectivity index is 1.63. The molecule has 6 nitrogen and oxygen atoms in total. The summed E-state index contributed by atoms with van der Waals surface area (Å²) in [6.07, 6.45) is -2.47. The predicted octanol–water partition coefficient (Wildman–Crippen LogP) is 5.88. The largest absolute Gasteiger partial charge is 0.297 e. The van der Waals surface area contributed by atoms with Crippen LogP contribution in [0.2, 0.25) is 0 Å². The zero-order valence-electron chi connectivity index (χ0n) is 19.7. The minimum absolute atomic E-state index is 0.0235. The van der Waals surface area contributed by atoms with Crippen LogP contribution in [0.3, 0.4) is 0 Å². The van der Waals surface area contributed by atoms with Gasteiger partial charge in [-0.2, -0.15) is 16.8 Å². The summed E-state index contributed by atoms with van der Waals surface area (Å²) in [6.45, 7) is 3.71. The minimum Gasteiger partial charge on any atom is -0.255 e. The first-order chi connectivity index (χ1) is 17.2. The van der Waals surface area contributed by atoms with Gasteiger partial charge in [-0.15, -0.1) is 0 Å². The highest BCUT2D eigenvalue weighted by Gasteiger charge is 2.41. The van der Waals surface area contributed by atoms with Crippen LogP contribution in [0.4, 0.5) is 0 Å². The molecule has 2 atom stereocenters. The van der Waals surface area contributed by atoms with E-state index in [-0.39, 0.29) is 9.79 Å². The molecular formula is C28H24O6S2. The monoisotopic (exact) mass is 520 g/mol. The van der Waals surface area contributed by atoms with Crippen LogP contribution in [0.25, 0.3) is 11.1 Å². The summed E-state index contributed by atoms with van der Waals surface area (Å²) in [6, 6.07) is 26.9. The van der Waals surface area contributed by atoms with Gasteiger partial charge in [-0.25, -0.2) is 0 Å². The molecule has 4 aromatic carbocycles. The summed E-state index contributed by atoms with van der Waals surface area (Å²) < 4.78 is 64.9. The molecule has 0 spiro atoms. The van der Waals surface area contributed by atoms with Crippen molar-refractivity contribution in [3.63, 3.8) is 0 Å². The molecule has 1 aliphatic carbocycles. The van der Waals surface area contributed by atoms with Crippen LogP contribution < -0.4 is 0 Å². The molecule has 0 aromatic heterocycles. The van der Waals surface area contributed by atoms with Crippen molar-refractivity contribution in [3.05, 3.63) is 119 Å². The maximum Gasteiger partial charge on any atom is 0.297 e. The van der Waals surface area contributed by atoms with E-state index in [1.54, 1.807) is 48.5 Å². The fourth-order valence-electron chi connectivity index (χ4n) is 4.31. The molecular weight excluding hydrogens is 496 g/mol. The molecule has 0 saturated carbocycles. The lowest BCUT2D eigenvalue weighted by Crippen LogP contribution is -2.27. The summed E-state index contributed by atoms with van der Waals surface area (Å²) in [4.78, 5) is -0.0471. The average Bonchev–Trinajstić information content (AvgIpc) is 2.86. The van der Waals surface area contributed by atoms with Gasteiger partial charge in [0, 0.05) is 0 Å². The van der Waals surface area contributed by atoms with E-state index in [0.717, 1.165) is 22.3 Å². The molecule has 36 heavy (non-hydrogen) atoms. The van der Waals surface area contributed by atoms with E-state index in [4.69, 9.17) is 8.37 Å². The highest BCUT2D eigenvalue weighted by molar-refractivity contribution is 7.87. The van der Waals surface area contributed by atoms with Crippen LogP contribution in [-0.4, -0.2) is 16.8 Å². The second-order valence-corrected chi connectivity index (χ2v) is 11.9. The quantitative estimate of drug-likeness (QED) is 0.295. The van der Waals surface area contributed by atoms with E-state index in [1.807, 2.05) is 38.1 Å². The molecule has 2 unspecified atom stereocenters. The molecule has 0 heterocycles. The second-order valence-electron chi connectivity index (χ2n) is 8.74. The average molecular weight is 521 g/mol. The topological polar surface area (TPSA) is 86.7 Å². The van der Waals surface area contributed by atoms with Crippen molar-refractivity contribution in [1.82, 2.24) is 0 Å². The summed E-state index contributed by atoms with van der Waals surface area (Å²) in [5, 5.41) is 0. The molecule has 0 N–H and O–H groups in total. The Labute approximate surface area is 211 Å². The summed E-state index contributed by atoms with van der Waals surface area (Å²) in [5.74, 6) is 0. The smallest absolute Gasteiger partial charge is 0.255 e. The van der Waals surface area contributed by atoms with Crippen molar-refractivity contribution in [3.8, 4) is 11.1 Å². The van der Waals surface area contributed by atoms with Crippen molar-refractivity contribution in [2.75, 3.05) is 0 Å². The van der Waals surface area contributed by atoms with E-state index >= 15 is 0 Å². The van der Waals surface area contributed by atoms with Gasteiger partial charge in [-0.3, -0.25) is 8.37 Å². The highest BCUT2D eigenvalue weighted by atomic mass is 32.2. The molecule has 0 radical (unpaired) electrons. The summed E-state index contributed by atoms with van der Waals surface area (Å²) in [7, 11) is -8.51. The van der Waals surface area contributed by atoms with Gasteiger partial charge in [-0.1, -0.05) is 83.9 Å². The van der Waals surface area contributed by atoms with Crippen LogP contribution >= 0.6 is 0 Å². The van der Waals surface area contributed by atoms with Gasteiger partial charge in [0.15, 0.2) is 0 Å². The number of aryl methyl sites for hydroxylation is 2. The van der Waals surface area contributed by atoms with E-state index in [2.05, 4.69) is 0 Å². The van der Waals surface area contributed by atoms with E-state index in [1.165, 1.54) is 24.3 Å². The zero-order chi connectivity index (χ0) is 25.5. The number of rotatable bonds is 6. The summed E-state index contributed by atoms with van der Waals surface area (Å²) >= 11 is 0. The third-order valence-corrected chi connectivity index (χ3v) is 8.80. The van der Waals surface area contributed by atoms with Crippen LogP contribution in [0, 0.1) is 13.8 Å². The maximum absolute atomic E-state index is 13.3. The van der Waals surface area contributed by atoms with Gasteiger partial charge >= 0.3 is 0 Å². The van der Waals surface area contributed by atoms with Gasteiger partial charge in [0.2, 0.25) is 0 Å². The first kappa shape index (κ1) is 24.4. The van der Waals surface area contributed by atoms with E-state index in [9.17, 15) is 16.8 Å². The van der Waals surface area contributed by atoms with Gasteiger partial charge in [0.1, 0.15) is 12.2 Å². The predicted molar refractivity (Wildman–Crippen MR) is 136 cm³/mol. The Morgan fingerprint density at radius 1 is 0.500 bits per heavy atom. The molecule has 4 aromatic rings. The third-order valence-electron chi connectivity index (χ3n) is 6.18. The maximum atomic E-state index is 13.3. The van der Waals surface area contributed by atoms with Crippen molar-refractivity contribution < 1.29 is 25.2 Å². The Hall–Kier alpha value is -3.30. The van der Waals surface area contributed by atoms with Crippen LogP contribution in [0.1, 0.15) is 34.5 Å². The molecule has 0 aliphatic heterocycles. The van der Waals surface area contributed by atoms with Crippen LogP contribution in [-0.2, 0) is 28.6 Å². The van der Waals surface area contributed by atoms with Crippen molar-refractivity contribution in [2.45, 2.75) is 35.8 Å². The van der Waals surface area contributed by atoms with Crippen molar-refractivity contribution in [2.24, 2.45) is 0 Å². The zero-order valence-corrected chi connectivity index (χ0v) is 21.3. The standard InChI is InChI=1S/C28H24O6S2/c1-19-11-15-21(16-12-19)35(29,30)33-27-25-9-5-3-7-23(25)24-8-4-6-10-26(24)28(27)34-36(31,32)22-17-13-20(2)14-18-22/h3-18,27-28H,1-2H3. The molecule has 8 heteroatoms. The molecule has 0 amide bonds. The first-order valence-corrected chi connectivity index (χ1v) is 14.2. The molecule has 5 rings (SSSR count). The Morgan fingerprint density at radius 3 is 1.19 bits per heavy atom. The van der Waals surface area contributed by atoms with Gasteiger partial charge in [0.05, 0.1) is 9.79 Å². The minimum atomic E-state index is -4.26. The second kappa shape index (κ2) is 9.29. The molecule has 0 saturated heterocycles. The molecule has 184 valence electrons. The third kappa shape index (κ3) is 4.60. The Kier molecular flexibility index (Phi) is 6.30. The summed E-state index contributed by atoms with van der Waals surface area (Å²) in [5.41, 5.74) is 4.36. The van der Waals surface area contributed by atoms with Crippen LogP contribution in [0.5, 0.6) is 0 Å². The normalized spacial score (nSPS) is 17.3. The first-order valence-electron chi connectivity index (χ1n) is 11.3. The van der Waals surface area contributed by atoms with Crippen molar-refractivity contribution in [1.29, 1.82) is 0 Å². The lowest BCUT2D eigenvalue weighted by Gasteiger charge is -2.34. The Morgan fingerprint density at radius 2 is 0.833 bits per heavy atom. The molecule has 1 aliphatic rings. The molecule has 0 bridgehead atoms. The Bertz CT molecular complexity index is 1500. The van der Waals surface area contributed by atoms with Crippen LogP contribution in [0.15, 0.2) is 107 Å². The van der Waals surface area contributed by atoms with E-state index < -0.39 is 32.4 Å². The number of fused-ring (bicyclic) bond motifs is 3. The number of benzene rings is 4. The fraction of sp³-hybridized carbons (Fsp3) is 0.143. The molecule has 0 fully saturated rings. The lowest BCUT2D eigenvalue weighted by atomic mass is 9.82. The van der Waals surface area contributed by atoms with Gasteiger partial charge < -0.3 is 0 Å². The lowest BCUT2D eigenvalue weighted by molar-refractivity contribution is 0.0600. The van der Waals surface area contributed by atoms with E-state index in [0.29, 0.717) is 11.1 Å². The van der Waals surface area contributed by atoms with Crippen molar-refractivity contribution >= 4 is 20.2 Å². The van der Waals surface area contributed by atoms with Gasteiger partial charge in [-0.05, 0) is 60.4 Å². The number of hydrogen-bond donors (Lipinski definition) is 0. The SMILES string of the molecule is Cc1ccc(S(=O)(=O)OC2c3ccccc3-c3ccccc3C2OS(=O)(=O)c2ccc(C)cc2)cc1. The number of hydrogen-bond acceptors (Lipinski definition) is 6.